The fourth-order valence-electron chi connectivity index (χ4n) is 6.76. The van der Waals surface area contributed by atoms with E-state index in [0.717, 1.165) is 12.8 Å². The Balaban J connectivity index is 1.50. The number of hydrogen-bond donors (Lipinski definition) is 0. The molecule has 0 saturated carbocycles. The Morgan fingerprint density at radius 2 is 1.05 bits per heavy atom. The third-order valence-corrected chi connectivity index (χ3v) is 9.08. The maximum absolute atomic E-state index is 6.02. The molecule has 1 aliphatic heterocycles. The van der Waals surface area contributed by atoms with Gasteiger partial charge in [-0.2, -0.15) is 0 Å². The molecule has 0 N–H and O–H groups in total. The lowest BCUT2D eigenvalue weighted by molar-refractivity contribution is -0.178. The molecular formula is C42H58O2. The molecule has 0 unspecified atom stereocenters. The molecule has 1 fully saturated rings. The molecule has 2 heteroatoms. The molecule has 2 aliphatic carbocycles. The van der Waals surface area contributed by atoms with Crippen molar-refractivity contribution in [2.24, 2.45) is 10.8 Å². The van der Waals surface area contributed by atoms with Crippen LogP contribution in [0.5, 0.6) is 0 Å². The van der Waals surface area contributed by atoms with Crippen LogP contribution in [0.15, 0.2) is 130 Å². The van der Waals surface area contributed by atoms with Gasteiger partial charge in [-0.15, -0.1) is 0 Å². The molecular weight excluding hydrogens is 536 g/mol. The topological polar surface area (TPSA) is 18.5 Å². The molecule has 1 spiro atoms. The van der Waals surface area contributed by atoms with Gasteiger partial charge in [0.2, 0.25) is 0 Å². The van der Waals surface area contributed by atoms with E-state index in [9.17, 15) is 0 Å². The lowest BCUT2D eigenvalue weighted by Gasteiger charge is -2.42. The van der Waals surface area contributed by atoms with E-state index in [2.05, 4.69) is 154 Å². The van der Waals surface area contributed by atoms with Gasteiger partial charge in [0.1, 0.15) is 0 Å². The fourth-order valence-corrected chi connectivity index (χ4v) is 6.76. The van der Waals surface area contributed by atoms with Crippen molar-refractivity contribution in [3.8, 4) is 0 Å². The molecule has 1 heterocycles. The minimum Gasteiger partial charge on any atom is -0.347 e. The predicted molar refractivity (Wildman–Crippen MR) is 191 cm³/mol. The van der Waals surface area contributed by atoms with Gasteiger partial charge in [-0.25, -0.2) is 0 Å². The zero-order valence-electron chi connectivity index (χ0n) is 29.3. The maximum Gasteiger partial charge on any atom is 0.173 e. The van der Waals surface area contributed by atoms with Crippen LogP contribution < -0.4 is 0 Å². The second kappa shape index (κ2) is 15.9. The van der Waals surface area contributed by atoms with Gasteiger partial charge in [0.25, 0.3) is 0 Å². The van der Waals surface area contributed by atoms with Gasteiger partial charge in [0.15, 0.2) is 5.79 Å². The summed E-state index contributed by atoms with van der Waals surface area (Å²) < 4.78 is 12.0. The van der Waals surface area contributed by atoms with Gasteiger partial charge < -0.3 is 9.47 Å². The van der Waals surface area contributed by atoms with E-state index in [0.29, 0.717) is 13.2 Å². The van der Waals surface area contributed by atoms with Crippen LogP contribution in [0.1, 0.15) is 101 Å². The van der Waals surface area contributed by atoms with Crippen LogP contribution in [-0.4, -0.2) is 19.0 Å². The Hall–Kier alpha value is -2.94. The van der Waals surface area contributed by atoms with E-state index in [4.69, 9.17) is 9.47 Å². The number of allylic oxidation sites excluding steroid dienone is 21. The van der Waals surface area contributed by atoms with Crippen molar-refractivity contribution < 1.29 is 9.47 Å². The van der Waals surface area contributed by atoms with Gasteiger partial charge >= 0.3 is 0 Å². The minimum atomic E-state index is -0.417. The van der Waals surface area contributed by atoms with Crippen LogP contribution in [0.4, 0.5) is 0 Å². The first-order valence-corrected chi connectivity index (χ1v) is 16.5. The fraction of sp³-hybridized carbons (Fsp3) is 0.476. The maximum atomic E-state index is 6.02. The molecule has 0 radical (unpaired) electrons. The molecule has 1 saturated heterocycles. The molecule has 2 nitrogen and oxygen atoms in total. The van der Waals surface area contributed by atoms with Crippen molar-refractivity contribution in [3.63, 3.8) is 0 Å². The van der Waals surface area contributed by atoms with E-state index in [-0.39, 0.29) is 10.8 Å². The molecule has 0 atom stereocenters. The zero-order valence-corrected chi connectivity index (χ0v) is 29.3. The molecule has 0 aromatic carbocycles. The second-order valence-electron chi connectivity index (χ2n) is 14.4. The lowest BCUT2D eigenvalue weighted by Crippen LogP contribution is -2.40. The summed E-state index contributed by atoms with van der Waals surface area (Å²) in [6.07, 6.45) is 36.1. The van der Waals surface area contributed by atoms with Crippen LogP contribution in [-0.2, 0) is 9.47 Å². The summed E-state index contributed by atoms with van der Waals surface area (Å²) in [6, 6.07) is 0. The highest BCUT2D eigenvalue weighted by Crippen LogP contribution is 2.49. The van der Waals surface area contributed by atoms with Crippen molar-refractivity contribution in [1.29, 1.82) is 0 Å². The first-order chi connectivity index (χ1) is 20.7. The summed E-state index contributed by atoms with van der Waals surface area (Å²) >= 11 is 0. The molecule has 238 valence electrons. The van der Waals surface area contributed by atoms with Gasteiger partial charge in [-0.1, -0.05) is 146 Å². The van der Waals surface area contributed by atoms with Gasteiger partial charge in [0, 0.05) is 12.8 Å². The van der Waals surface area contributed by atoms with E-state index >= 15 is 0 Å². The third-order valence-electron chi connectivity index (χ3n) is 9.08. The molecule has 0 amide bonds. The highest BCUT2D eigenvalue weighted by atomic mass is 16.7. The van der Waals surface area contributed by atoms with Crippen molar-refractivity contribution in [1.82, 2.24) is 0 Å². The molecule has 0 bridgehead atoms. The van der Waals surface area contributed by atoms with Crippen LogP contribution >= 0.6 is 0 Å². The van der Waals surface area contributed by atoms with E-state index in [1.165, 1.54) is 58.3 Å². The highest BCUT2D eigenvalue weighted by molar-refractivity contribution is 5.39. The Morgan fingerprint density at radius 1 is 0.591 bits per heavy atom. The van der Waals surface area contributed by atoms with Crippen LogP contribution in [0, 0.1) is 10.8 Å². The summed E-state index contributed by atoms with van der Waals surface area (Å²) in [7, 11) is 0. The van der Waals surface area contributed by atoms with Crippen molar-refractivity contribution in [3.05, 3.63) is 130 Å². The van der Waals surface area contributed by atoms with Gasteiger partial charge in [-0.3, -0.25) is 0 Å². The molecule has 44 heavy (non-hydrogen) atoms. The van der Waals surface area contributed by atoms with E-state index in [1.807, 2.05) is 0 Å². The summed E-state index contributed by atoms with van der Waals surface area (Å²) in [4.78, 5) is 0. The van der Waals surface area contributed by atoms with Crippen LogP contribution in [0.3, 0.4) is 0 Å². The quantitative estimate of drug-likeness (QED) is 0.234. The second-order valence-corrected chi connectivity index (χ2v) is 14.4. The van der Waals surface area contributed by atoms with Crippen molar-refractivity contribution in [2.75, 3.05) is 13.2 Å². The van der Waals surface area contributed by atoms with Gasteiger partial charge in [0.05, 0.1) is 13.2 Å². The van der Waals surface area contributed by atoms with Crippen LogP contribution in [0.2, 0.25) is 0 Å². The first-order valence-electron chi connectivity index (χ1n) is 16.5. The van der Waals surface area contributed by atoms with Crippen molar-refractivity contribution in [2.45, 2.75) is 107 Å². The first kappa shape index (κ1) is 35.5. The van der Waals surface area contributed by atoms with E-state index in [1.54, 1.807) is 5.57 Å². The summed E-state index contributed by atoms with van der Waals surface area (Å²) in [5.74, 6) is -0.417. The SMILES string of the molecule is CC1=C(/C=C/C(C)=C/C=C/C(C)=C/C=C/C=C(C)/C=C/C=C(C)/C=C/C2=C(C)CC3(CC2(C)C)OCCO3)C(C)(C)CCC1. The van der Waals surface area contributed by atoms with E-state index < -0.39 is 5.79 Å². The lowest BCUT2D eigenvalue weighted by atomic mass is 9.70. The summed E-state index contributed by atoms with van der Waals surface area (Å²) in [6.45, 7) is 23.8. The Kier molecular flexibility index (Phi) is 12.8. The number of rotatable bonds is 10. The molecule has 3 rings (SSSR count). The van der Waals surface area contributed by atoms with Crippen LogP contribution in [0.25, 0.3) is 0 Å². The Morgan fingerprint density at radius 3 is 1.52 bits per heavy atom. The third kappa shape index (κ3) is 10.6. The largest absolute Gasteiger partial charge is 0.347 e. The molecule has 3 aliphatic rings. The average Bonchev–Trinajstić information content (AvgIpc) is 3.36. The number of ether oxygens (including phenoxy) is 2. The normalized spacial score (nSPS) is 23.8. The summed E-state index contributed by atoms with van der Waals surface area (Å²) in [5.41, 5.74) is 11.0. The monoisotopic (exact) mass is 594 g/mol. The Bertz CT molecular complexity index is 1360. The minimum absolute atomic E-state index is 0.0177. The average molecular weight is 595 g/mol. The highest BCUT2D eigenvalue weighted by Gasteiger charge is 2.46. The predicted octanol–water partition coefficient (Wildman–Crippen LogP) is 12.0. The molecule has 0 aromatic heterocycles. The summed E-state index contributed by atoms with van der Waals surface area (Å²) in [5, 5.41) is 0. The number of hydrogen-bond acceptors (Lipinski definition) is 2. The molecule has 0 aromatic rings. The smallest absolute Gasteiger partial charge is 0.173 e. The zero-order chi connectivity index (χ0) is 32.4. The Labute approximate surface area is 269 Å². The van der Waals surface area contributed by atoms with Gasteiger partial charge in [-0.05, 0) is 82.8 Å². The standard InChI is InChI=1S/C42H58O2/c1-32(18-13-20-34(3)23-25-38-36(5)22-15-27-40(38,7)8)16-11-12-17-33(2)19-14-21-35(4)24-26-39-37(6)30-42(31-41(39,9)10)43-28-29-44-42/h11-14,16-21,23-26H,15,22,27-31H2,1-10H3/b12-11+,18-13+,19-14+,25-23+,26-24+,32-16+,33-17+,34-20+,35-21+. The van der Waals surface area contributed by atoms with Crippen molar-refractivity contribution >= 4 is 0 Å².